The predicted molar refractivity (Wildman–Crippen MR) is 127 cm³/mol. The molecule has 0 saturated carbocycles. The van der Waals surface area contributed by atoms with Crippen molar-refractivity contribution in [1.29, 1.82) is 5.26 Å². The van der Waals surface area contributed by atoms with Crippen molar-refractivity contribution in [1.82, 2.24) is 4.98 Å². The van der Waals surface area contributed by atoms with Gasteiger partial charge in [-0.05, 0) is 55.8 Å². The van der Waals surface area contributed by atoms with E-state index in [1.165, 1.54) is 30.5 Å². The van der Waals surface area contributed by atoms with Gasteiger partial charge in [-0.15, -0.1) is 11.3 Å². The summed E-state index contributed by atoms with van der Waals surface area (Å²) in [5, 5.41) is 20.8. The van der Waals surface area contributed by atoms with E-state index in [2.05, 4.69) is 4.98 Å². The number of carbonyl (C=O) groups excluding carboxylic acids is 2. The number of aliphatic hydroxyl groups is 1. The summed E-state index contributed by atoms with van der Waals surface area (Å²) >= 11 is 1.21. The van der Waals surface area contributed by atoms with Crippen LogP contribution in [0.4, 0.5) is 5.69 Å². The number of nitriles is 1. The summed E-state index contributed by atoms with van der Waals surface area (Å²) in [6, 6.07) is 12.5. The Morgan fingerprint density at radius 3 is 2.35 bits per heavy atom. The summed E-state index contributed by atoms with van der Waals surface area (Å²) < 4.78 is 10.8. The molecule has 1 N–H and O–H groups in total. The maximum absolute atomic E-state index is 13.7. The Labute approximate surface area is 200 Å². The molecule has 3 aromatic rings. The monoisotopic (exact) mass is 475 g/mol. The van der Waals surface area contributed by atoms with Gasteiger partial charge in [0.2, 0.25) is 5.78 Å². The van der Waals surface area contributed by atoms with Crippen molar-refractivity contribution in [2.75, 3.05) is 19.1 Å². The van der Waals surface area contributed by atoms with Crippen LogP contribution in [-0.2, 0) is 4.79 Å². The molecule has 1 aromatic heterocycles. The number of ketones is 1. The largest absolute Gasteiger partial charge is 0.503 e. The van der Waals surface area contributed by atoms with Crippen LogP contribution in [0.2, 0.25) is 0 Å². The standard InChI is InChI=1S/C25H21N3O5S/c1-13-24(34-14(2)27-13)22(29)20-21(16-7-10-18(32-3)19(11-16)33-4)28(25(31)23(20)30)17-8-5-15(12-26)6-9-17/h5-11,21,30H,1-4H3. The van der Waals surface area contributed by atoms with Crippen LogP contribution in [0.5, 0.6) is 11.5 Å². The first kappa shape index (κ1) is 23.0. The second-order valence-electron chi connectivity index (χ2n) is 7.59. The first-order chi connectivity index (χ1) is 16.3. The normalized spacial score (nSPS) is 15.4. The number of carbonyl (C=O) groups is 2. The van der Waals surface area contributed by atoms with E-state index in [4.69, 9.17) is 14.7 Å². The topological polar surface area (TPSA) is 113 Å². The van der Waals surface area contributed by atoms with Gasteiger partial charge in [0.1, 0.15) is 0 Å². The van der Waals surface area contributed by atoms with E-state index >= 15 is 0 Å². The fourth-order valence-corrected chi connectivity index (χ4v) is 4.88. The molecule has 1 unspecified atom stereocenters. The van der Waals surface area contributed by atoms with Crippen molar-refractivity contribution in [3.8, 4) is 17.6 Å². The third-order valence-corrected chi connectivity index (χ3v) is 6.63. The number of rotatable bonds is 6. The Hall–Kier alpha value is -4.16. The molecule has 8 nitrogen and oxygen atoms in total. The molecule has 1 atom stereocenters. The predicted octanol–water partition coefficient (Wildman–Crippen LogP) is 4.43. The minimum absolute atomic E-state index is 0.0478. The fraction of sp³-hybridized carbons (Fsp3) is 0.200. The number of hydrogen-bond donors (Lipinski definition) is 1. The quantitative estimate of drug-likeness (QED) is 0.525. The number of aliphatic hydroxyl groups excluding tert-OH is 1. The van der Waals surface area contributed by atoms with Crippen molar-refractivity contribution < 1.29 is 24.2 Å². The molecule has 0 spiro atoms. The minimum atomic E-state index is -0.936. The maximum atomic E-state index is 13.7. The minimum Gasteiger partial charge on any atom is -0.503 e. The van der Waals surface area contributed by atoms with Crippen molar-refractivity contribution in [2.45, 2.75) is 19.9 Å². The maximum Gasteiger partial charge on any atom is 0.294 e. The first-order valence-electron chi connectivity index (χ1n) is 10.3. The molecule has 1 aliphatic heterocycles. The summed E-state index contributed by atoms with van der Waals surface area (Å²) in [4.78, 5) is 33.0. The van der Waals surface area contributed by atoms with Crippen molar-refractivity contribution in [3.05, 3.63) is 80.5 Å². The van der Waals surface area contributed by atoms with E-state index in [1.807, 2.05) is 6.07 Å². The number of benzene rings is 2. The Balaban J connectivity index is 1.91. The van der Waals surface area contributed by atoms with Gasteiger partial charge >= 0.3 is 0 Å². The molecule has 1 amide bonds. The van der Waals surface area contributed by atoms with Crippen molar-refractivity contribution in [3.63, 3.8) is 0 Å². The molecule has 2 heterocycles. The summed E-state index contributed by atoms with van der Waals surface area (Å²) in [6.45, 7) is 3.51. The fourth-order valence-electron chi connectivity index (χ4n) is 4.00. The number of nitrogens with zero attached hydrogens (tertiary/aromatic N) is 3. The zero-order valence-corrected chi connectivity index (χ0v) is 19.8. The molecule has 0 radical (unpaired) electrons. The lowest BCUT2D eigenvalue weighted by Crippen LogP contribution is -2.31. The van der Waals surface area contributed by atoms with E-state index in [9.17, 15) is 14.7 Å². The third-order valence-electron chi connectivity index (χ3n) is 5.56. The average Bonchev–Trinajstić information content (AvgIpc) is 3.33. The van der Waals surface area contributed by atoms with E-state index in [1.54, 1.807) is 56.3 Å². The number of ether oxygens (including phenoxy) is 2. The Morgan fingerprint density at radius 1 is 1.12 bits per heavy atom. The average molecular weight is 476 g/mol. The van der Waals surface area contributed by atoms with E-state index in [0.29, 0.717) is 43.9 Å². The number of hydrogen-bond acceptors (Lipinski definition) is 8. The lowest BCUT2D eigenvalue weighted by molar-refractivity contribution is -0.117. The molecule has 34 heavy (non-hydrogen) atoms. The van der Waals surface area contributed by atoms with Gasteiger partial charge in [-0.2, -0.15) is 5.26 Å². The van der Waals surface area contributed by atoms with Crippen molar-refractivity contribution in [2.24, 2.45) is 0 Å². The van der Waals surface area contributed by atoms with Crippen LogP contribution in [0.3, 0.4) is 0 Å². The van der Waals surface area contributed by atoms with Gasteiger partial charge in [0.15, 0.2) is 17.3 Å². The van der Waals surface area contributed by atoms with Crippen LogP contribution in [0.1, 0.15) is 37.5 Å². The van der Waals surface area contributed by atoms with Crippen LogP contribution in [0.25, 0.3) is 0 Å². The highest BCUT2D eigenvalue weighted by atomic mass is 32.1. The Morgan fingerprint density at radius 2 is 1.79 bits per heavy atom. The molecule has 0 aliphatic carbocycles. The van der Waals surface area contributed by atoms with Gasteiger partial charge in [0.25, 0.3) is 5.91 Å². The zero-order valence-electron chi connectivity index (χ0n) is 18.9. The lowest BCUT2D eigenvalue weighted by atomic mass is 9.94. The number of Topliss-reactive ketones (excluding diaryl/α,β-unsaturated/α-hetero) is 1. The lowest BCUT2D eigenvalue weighted by Gasteiger charge is -2.27. The van der Waals surface area contributed by atoms with E-state index in [0.717, 1.165) is 0 Å². The van der Waals surface area contributed by atoms with Crippen molar-refractivity contribution >= 4 is 28.7 Å². The molecule has 172 valence electrons. The second-order valence-corrected chi connectivity index (χ2v) is 8.79. The molecule has 1 aliphatic rings. The van der Waals surface area contributed by atoms with Crippen LogP contribution in [-0.4, -0.2) is 36.0 Å². The molecule has 2 aromatic carbocycles. The molecule has 9 heteroatoms. The van der Waals surface area contributed by atoms with Gasteiger partial charge in [-0.25, -0.2) is 4.98 Å². The van der Waals surface area contributed by atoms with Gasteiger partial charge in [-0.1, -0.05) is 6.07 Å². The molecule has 0 saturated heterocycles. The first-order valence-corrected chi connectivity index (χ1v) is 11.1. The summed E-state index contributed by atoms with van der Waals surface area (Å²) in [6.07, 6.45) is 0. The Bertz CT molecular complexity index is 1370. The molecular weight excluding hydrogens is 454 g/mol. The SMILES string of the molecule is COc1ccc(C2C(C(=O)c3sc(C)nc3C)=C(O)C(=O)N2c2ccc(C#N)cc2)cc1OC. The van der Waals surface area contributed by atoms with E-state index in [-0.39, 0.29) is 5.57 Å². The molecule has 0 bridgehead atoms. The molecular formula is C25H21N3O5S. The highest BCUT2D eigenvalue weighted by molar-refractivity contribution is 7.14. The van der Waals surface area contributed by atoms with Gasteiger partial charge in [-0.3, -0.25) is 14.5 Å². The number of methoxy groups -OCH3 is 2. The number of anilines is 1. The van der Waals surface area contributed by atoms with E-state index < -0.39 is 23.5 Å². The van der Waals surface area contributed by atoms with Gasteiger partial charge in [0.05, 0.1) is 53.0 Å². The summed E-state index contributed by atoms with van der Waals surface area (Å²) in [7, 11) is 3.00. The Kier molecular flexibility index (Phi) is 6.09. The number of thiazole rings is 1. The number of aryl methyl sites for hydroxylation is 2. The highest BCUT2D eigenvalue weighted by Crippen LogP contribution is 2.44. The van der Waals surface area contributed by atoms with Gasteiger partial charge in [0, 0.05) is 5.69 Å². The molecule has 0 fully saturated rings. The smallest absolute Gasteiger partial charge is 0.294 e. The third kappa shape index (κ3) is 3.78. The van der Waals surface area contributed by atoms with Crippen LogP contribution < -0.4 is 14.4 Å². The van der Waals surface area contributed by atoms with Crippen LogP contribution in [0, 0.1) is 25.2 Å². The molecule has 4 rings (SSSR count). The highest BCUT2D eigenvalue weighted by Gasteiger charge is 2.45. The van der Waals surface area contributed by atoms with Crippen LogP contribution >= 0.6 is 11.3 Å². The second kappa shape index (κ2) is 9.00. The number of aromatic nitrogens is 1. The van der Waals surface area contributed by atoms with Gasteiger partial charge < -0.3 is 14.6 Å². The zero-order chi connectivity index (χ0) is 24.6. The summed E-state index contributed by atoms with van der Waals surface area (Å²) in [5.74, 6) is -0.915. The summed E-state index contributed by atoms with van der Waals surface area (Å²) in [5.41, 5.74) is 1.87. The number of amides is 1. The van der Waals surface area contributed by atoms with Crippen LogP contribution in [0.15, 0.2) is 53.8 Å².